The first kappa shape index (κ1) is 20.6. The molecule has 0 aromatic heterocycles. The molecule has 0 heterocycles. The van der Waals surface area contributed by atoms with E-state index in [-0.39, 0.29) is 30.0 Å². The zero-order valence-corrected chi connectivity index (χ0v) is 15.9. The van der Waals surface area contributed by atoms with Crippen molar-refractivity contribution in [3.63, 3.8) is 0 Å². The third-order valence-electron chi connectivity index (χ3n) is 3.72. The first-order valence-corrected chi connectivity index (χ1v) is 8.98. The monoisotopic (exact) mass is 436 g/mol. The van der Waals surface area contributed by atoms with Gasteiger partial charge in [-0.1, -0.05) is 12.1 Å². The van der Waals surface area contributed by atoms with Gasteiger partial charge in [0.05, 0.1) is 11.1 Å². The lowest BCUT2D eigenvalue weighted by molar-refractivity contribution is -0.120. The number of aromatic carboxylic acids is 1. The number of carboxylic acids is 1. The van der Waals surface area contributed by atoms with Crippen LogP contribution in [0, 0.1) is 5.82 Å². The van der Waals surface area contributed by atoms with Crippen molar-refractivity contribution in [3.8, 4) is 0 Å². The molecule has 142 valence electrons. The zero-order chi connectivity index (χ0) is 19.8. The molecule has 0 aliphatic carbocycles. The van der Waals surface area contributed by atoms with Gasteiger partial charge in [-0.2, -0.15) is 0 Å². The highest BCUT2D eigenvalue weighted by molar-refractivity contribution is 9.10. The van der Waals surface area contributed by atoms with Gasteiger partial charge in [0.25, 0.3) is 5.91 Å². The maximum Gasteiger partial charge on any atom is 0.335 e. The van der Waals surface area contributed by atoms with Gasteiger partial charge in [-0.3, -0.25) is 9.59 Å². The Bertz CT molecular complexity index is 857. The first-order chi connectivity index (χ1) is 12.9. The molecule has 6 nitrogen and oxygen atoms in total. The number of halogens is 2. The van der Waals surface area contributed by atoms with Crippen molar-refractivity contribution in [2.45, 2.75) is 12.8 Å². The number of nitrogens with one attached hydrogen (secondary N) is 2. The standard InChI is InChI=1S/C19H18BrFN2O4/c20-16-5-4-14(21)11-15(16)18(25)23-9-7-17(24)22-8-6-12-2-1-3-13(10-12)19(26)27/h1-5,10-11H,6-9H2,(H,22,24)(H,23,25)(H,26,27). The smallest absolute Gasteiger partial charge is 0.335 e. The lowest BCUT2D eigenvalue weighted by Crippen LogP contribution is -2.31. The minimum absolute atomic E-state index is 0.0772. The summed E-state index contributed by atoms with van der Waals surface area (Å²) in [4.78, 5) is 34.7. The number of rotatable bonds is 8. The number of benzene rings is 2. The van der Waals surface area contributed by atoms with E-state index in [9.17, 15) is 18.8 Å². The van der Waals surface area contributed by atoms with Crippen LogP contribution in [-0.2, 0) is 11.2 Å². The number of hydrogen-bond donors (Lipinski definition) is 3. The van der Waals surface area contributed by atoms with Gasteiger partial charge >= 0.3 is 5.97 Å². The SMILES string of the molecule is O=C(CCNC(=O)c1cc(F)ccc1Br)NCCc1cccc(C(=O)O)c1. The molecule has 0 saturated carbocycles. The molecule has 2 aromatic carbocycles. The quantitative estimate of drug-likeness (QED) is 0.592. The Morgan fingerprint density at radius 3 is 2.56 bits per heavy atom. The Labute approximate surface area is 163 Å². The van der Waals surface area contributed by atoms with E-state index in [2.05, 4.69) is 26.6 Å². The molecule has 0 spiro atoms. The molecule has 8 heteroatoms. The maximum absolute atomic E-state index is 13.2. The fourth-order valence-electron chi connectivity index (χ4n) is 2.35. The van der Waals surface area contributed by atoms with E-state index in [4.69, 9.17) is 5.11 Å². The molecular weight excluding hydrogens is 419 g/mol. The minimum Gasteiger partial charge on any atom is -0.478 e. The highest BCUT2D eigenvalue weighted by atomic mass is 79.9. The number of carboxylic acid groups (broad SMARTS) is 1. The van der Waals surface area contributed by atoms with Crippen molar-refractivity contribution in [1.82, 2.24) is 10.6 Å². The topological polar surface area (TPSA) is 95.5 Å². The summed E-state index contributed by atoms with van der Waals surface area (Å²) in [5.74, 6) is -2.24. The van der Waals surface area contributed by atoms with Gasteiger partial charge in [-0.05, 0) is 58.2 Å². The Balaban J connectivity index is 1.72. The summed E-state index contributed by atoms with van der Waals surface area (Å²) < 4.78 is 13.7. The molecule has 0 aliphatic heterocycles. The minimum atomic E-state index is -0.999. The van der Waals surface area contributed by atoms with E-state index in [1.54, 1.807) is 18.2 Å². The highest BCUT2D eigenvalue weighted by Gasteiger charge is 2.11. The van der Waals surface area contributed by atoms with Gasteiger partial charge in [0.2, 0.25) is 5.91 Å². The summed E-state index contributed by atoms with van der Waals surface area (Å²) in [5.41, 5.74) is 1.17. The largest absolute Gasteiger partial charge is 0.478 e. The number of amides is 2. The van der Waals surface area contributed by atoms with Gasteiger partial charge in [-0.15, -0.1) is 0 Å². The molecule has 0 radical (unpaired) electrons. The van der Waals surface area contributed by atoms with E-state index in [1.807, 2.05) is 0 Å². The Morgan fingerprint density at radius 1 is 1.04 bits per heavy atom. The van der Waals surface area contributed by atoms with Crippen LogP contribution in [0.2, 0.25) is 0 Å². The number of carbonyl (C=O) groups is 3. The van der Waals surface area contributed by atoms with E-state index < -0.39 is 17.7 Å². The van der Waals surface area contributed by atoms with Crippen LogP contribution in [0.15, 0.2) is 46.9 Å². The summed E-state index contributed by atoms with van der Waals surface area (Å²) in [6.45, 7) is 0.466. The van der Waals surface area contributed by atoms with Crippen molar-refractivity contribution < 1.29 is 23.9 Å². The van der Waals surface area contributed by atoms with Crippen molar-refractivity contribution in [1.29, 1.82) is 0 Å². The normalized spacial score (nSPS) is 10.3. The van der Waals surface area contributed by atoms with Crippen LogP contribution in [0.4, 0.5) is 4.39 Å². The Morgan fingerprint density at radius 2 is 1.81 bits per heavy atom. The second-order valence-electron chi connectivity index (χ2n) is 5.74. The molecular formula is C19H18BrFN2O4. The van der Waals surface area contributed by atoms with E-state index >= 15 is 0 Å². The molecule has 0 bridgehead atoms. The number of carbonyl (C=O) groups excluding carboxylic acids is 2. The van der Waals surface area contributed by atoms with Crippen LogP contribution in [0.25, 0.3) is 0 Å². The average Bonchev–Trinajstić information content (AvgIpc) is 2.63. The predicted molar refractivity (Wildman–Crippen MR) is 101 cm³/mol. The molecule has 0 saturated heterocycles. The van der Waals surface area contributed by atoms with Crippen molar-refractivity contribution >= 4 is 33.7 Å². The Hall–Kier alpha value is -2.74. The third-order valence-corrected chi connectivity index (χ3v) is 4.41. The van der Waals surface area contributed by atoms with Gasteiger partial charge in [0, 0.05) is 24.0 Å². The Kier molecular flexibility index (Phi) is 7.48. The molecule has 27 heavy (non-hydrogen) atoms. The van der Waals surface area contributed by atoms with Crippen LogP contribution in [0.3, 0.4) is 0 Å². The molecule has 3 N–H and O–H groups in total. The molecule has 2 rings (SSSR count). The molecule has 0 fully saturated rings. The van der Waals surface area contributed by atoms with Crippen LogP contribution >= 0.6 is 15.9 Å². The lowest BCUT2D eigenvalue weighted by atomic mass is 10.1. The second-order valence-corrected chi connectivity index (χ2v) is 6.59. The lowest BCUT2D eigenvalue weighted by Gasteiger charge is -2.08. The molecule has 2 aromatic rings. The van der Waals surface area contributed by atoms with E-state index in [1.165, 1.54) is 18.2 Å². The van der Waals surface area contributed by atoms with Crippen LogP contribution in [0.5, 0.6) is 0 Å². The van der Waals surface area contributed by atoms with E-state index in [0.717, 1.165) is 11.6 Å². The summed E-state index contributed by atoms with van der Waals surface area (Å²) in [5, 5.41) is 14.2. The molecule has 0 unspecified atom stereocenters. The summed E-state index contributed by atoms with van der Waals surface area (Å²) in [6, 6.07) is 10.3. The first-order valence-electron chi connectivity index (χ1n) is 8.19. The molecule has 0 aliphatic rings. The van der Waals surface area contributed by atoms with Gasteiger partial charge in [0.1, 0.15) is 5.82 Å². The second kappa shape index (κ2) is 9.82. The third kappa shape index (κ3) is 6.49. The molecule has 2 amide bonds. The fraction of sp³-hybridized carbons (Fsp3) is 0.211. The van der Waals surface area contributed by atoms with Crippen LogP contribution in [-0.4, -0.2) is 36.0 Å². The fourth-order valence-corrected chi connectivity index (χ4v) is 2.78. The molecule has 0 atom stereocenters. The van der Waals surface area contributed by atoms with Crippen molar-refractivity contribution in [2.24, 2.45) is 0 Å². The summed E-state index contributed by atoms with van der Waals surface area (Å²) in [6.07, 6.45) is 0.573. The summed E-state index contributed by atoms with van der Waals surface area (Å²) in [7, 11) is 0. The van der Waals surface area contributed by atoms with Gasteiger partial charge in [0.15, 0.2) is 0 Å². The van der Waals surface area contributed by atoms with Gasteiger partial charge < -0.3 is 15.7 Å². The van der Waals surface area contributed by atoms with E-state index in [0.29, 0.717) is 17.4 Å². The van der Waals surface area contributed by atoms with Crippen molar-refractivity contribution in [3.05, 3.63) is 69.4 Å². The van der Waals surface area contributed by atoms with Crippen molar-refractivity contribution in [2.75, 3.05) is 13.1 Å². The van der Waals surface area contributed by atoms with Crippen LogP contribution in [0.1, 0.15) is 32.7 Å². The number of hydrogen-bond acceptors (Lipinski definition) is 3. The van der Waals surface area contributed by atoms with Gasteiger partial charge in [-0.25, -0.2) is 9.18 Å². The zero-order valence-electron chi connectivity index (χ0n) is 14.3. The summed E-state index contributed by atoms with van der Waals surface area (Å²) >= 11 is 3.18. The van der Waals surface area contributed by atoms with Crippen LogP contribution < -0.4 is 10.6 Å². The maximum atomic E-state index is 13.2. The highest BCUT2D eigenvalue weighted by Crippen LogP contribution is 2.17. The average molecular weight is 437 g/mol. The predicted octanol–water partition coefficient (Wildman–Crippen LogP) is 2.77.